The molecule has 0 aliphatic rings. The molecule has 0 aliphatic carbocycles. The maximum absolute atomic E-state index is 12.8. The van der Waals surface area contributed by atoms with Crippen molar-refractivity contribution in [1.82, 2.24) is 19.7 Å². The van der Waals surface area contributed by atoms with Gasteiger partial charge >= 0.3 is 12.0 Å². The van der Waals surface area contributed by atoms with Crippen LogP contribution in [0.5, 0.6) is 6.01 Å². The van der Waals surface area contributed by atoms with Crippen LogP contribution in [0.1, 0.15) is 6.92 Å². The molecule has 2 aromatic rings. The molecular formula is C12H13FN4O3. The maximum Gasteiger partial charge on any atom is 0.344 e. The summed E-state index contributed by atoms with van der Waals surface area (Å²) in [5, 5.41) is 3.98. The summed E-state index contributed by atoms with van der Waals surface area (Å²) >= 11 is 0. The molecule has 0 atom stereocenters. The molecule has 2 rings (SSSR count). The van der Waals surface area contributed by atoms with E-state index in [2.05, 4.69) is 15.1 Å². The molecule has 106 valence electrons. The number of aromatic nitrogens is 4. The number of nitrogens with zero attached hydrogens (tertiary/aromatic N) is 4. The highest BCUT2D eigenvalue weighted by Crippen LogP contribution is 2.16. The quantitative estimate of drug-likeness (QED) is 0.759. The third-order valence-electron chi connectivity index (χ3n) is 2.32. The molecule has 0 fully saturated rings. The van der Waals surface area contributed by atoms with Gasteiger partial charge in [0, 0.05) is 7.05 Å². The van der Waals surface area contributed by atoms with Gasteiger partial charge in [-0.05, 0) is 19.1 Å². The average Bonchev–Trinajstić information content (AvgIpc) is 2.79. The number of carbonyl (C=O) groups is 1. The van der Waals surface area contributed by atoms with Gasteiger partial charge in [-0.15, -0.1) is 5.10 Å². The van der Waals surface area contributed by atoms with Crippen molar-refractivity contribution in [2.24, 2.45) is 7.05 Å². The molecule has 0 unspecified atom stereocenters. The predicted octanol–water partition coefficient (Wildman–Crippen LogP) is 0.958. The van der Waals surface area contributed by atoms with Gasteiger partial charge in [-0.2, -0.15) is 4.98 Å². The van der Waals surface area contributed by atoms with Crippen LogP contribution >= 0.6 is 0 Å². The maximum atomic E-state index is 12.8. The monoisotopic (exact) mass is 280 g/mol. The first-order valence-corrected chi connectivity index (χ1v) is 5.91. The fraction of sp³-hybridized carbons (Fsp3) is 0.333. The lowest BCUT2D eigenvalue weighted by Crippen LogP contribution is -2.15. The molecule has 0 bridgehead atoms. The Morgan fingerprint density at radius 2 is 2.25 bits per heavy atom. The molecule has 2 aromatic heterocycles. The second kappa shape index (κ2) is 6.09. The van der Waals surface area contributed by atoms with Crippen LogP contribution in [0.2, 0.25) is 0 Å². The summed E-state index contributed by atoms with van der Waals surface area (Å²) in [5.41, 5.74) is 0.451. The van der Waals surface area contributed by atoms with Gasteiger partial charge in [0.25, 0.3) is 0 Å². The van der Waals surface area contributed by atoms with Crippen molar-refractivity contribution in [3.8, 4) is 17.5 Å². The van der Waals surface area contributed by atoms with Crippen molar-refractivity contribution < 1.29 is 18.7 Å². The predicted molar refractivity (Wildman–Crippen MR) is 66.3 cm³/mol. The van der Waals surface area contributed by atoms with Gasteiger partial charge < -0.3 is 9.47 Å². The summed E-state index contributed by atoms with van der Waals surface area (Å²) in [6, 6.07) is 2.78. The van der Waals surface area contributed by atoms with Gasteiger partial charge in [0.15, 0.2) is 12.4 Å². The topological polar surface area (TPSA) is 79.1 Å². The minimum atomic E-state index is -0.499. The van der Waals surface area contributed by atoms with E-state index in [0.717, 1.165) is 6.20 Å². The third-order valence-corrected chi connectivity index (χ3v) is 2.32. The number of hydrogen-bond donors (Lipinski definition) is 0. The van der Waals surface area contributed by atoms with E-state index in [4.69, 9.17) is 9.47 Å². The highest BCUT2D eigenvalue weighted by molar-refractivity contribution is 5.70. The first-order chi connectivity index (χ1) is 9.60. The van der Waals surface area contributed by atoms with Crippen molar-refractivity contribution in [1.29, 1.82) is 0 Å². The van der Waals surface area contributed by atoms with E-state index >= 15 is 0 Å². The Labute approximate surface area is 114 Å². The van der Waals surface area contributed by atoms with Crippen molar-refractivity contribution in [2.75, 3.05) is 13.2 Å². The first kappa shape index (κ1) is 13.9. The molecule has 0 saturated carbocycles. The average molecular weight is 280 g/mol. The summed E-state index contributed by atoms with van der Waals surface area (Å²) in [5.74, 6) is -0.528. The standard InChI is InChI=1S/C12H13FN4O3/c1-3-19-10(18)7-20-12-15-11(17(2)16-12)9-5-4-8(13)6-14-9/h4-6H,3,7H2,1-2H3. The lowest BCUT2D eigenvalue weighted by Gasteiger charge is -2.00. The van der Waals surface area contributed by atoms with Crippen molar-refractivity contribution in [3.63, 3.8) is 0 Å². The Hall–Kier alpha value is -2.51. The van der Waals surface area contributed by atoms with E-state index in [9.17, 15) is 9.18 Å². The fourth-order valence-electron chi connectivity index (χ4n) is 1.48. The molecular weight excluding hydrogens is 267 g/mol. The Bertz CT molecular complexity index is 597. The summed E-state index contributed by atoms with van der Waals surface area (Å²) < 4.78 is 24.1. The summed E-state index contributed by atoms with van der Waals surface area (Å²) in [6.45, 7) is 1.71. The zero-order valence-corrected chi connectivity index (χ0v) is 11.0. The zero-order valence-electron chi connectivity index (χ0n) is 11.0. The Kier molecular flexibility index (Phi) is 4.24. The number of esters is 1. The molecule has 0 N–H and O–H groups in total. The molecule has 0 saturated heterocycles. The lowest BCUT2D eigenvalue weighted by atomic mass is 10.3. The van der Waals surface area contributed by atoms with Gasteiger partial charge in [-0.25, -0.2) is 18.9 Å². The van der Waals surface area contributed by atoms with Crippen molar-refractivity contribution in [2.45, 2.75) is 6.92 Å². The van der Waals surface area contributed by atoms with Crippen LogP contribution in [0, 0.1) is 5.82 Å². The number of pyridine rings is 1. The van der Waals surface area contributed by atoms with Crippen LogP contribution in [0.4, 0.5) is 4.39 Å². The fourth-order valence-corrected chi connectivity index (χ4v) is 1.48. The first-order valence-electron chi connectivity index (χ1n) is 5.91. The van der Waals surface area contributed by atoms with E-state index < -0.39 is 11.8 Å². The molecule has 20 heavy (non-hydrogen) atoms. The minimum Gasteiger partial charge on any atom is -0.463 e. The van der Waals surface area contributed by atoms with Gasteiger partial charge in [0.1, 0.15) is 11.5 Å². The molecule has 0 aliphatic heterocycles. The number of hydrogen-bond acceptors (Lipinski definition) is 6. The second-order valence-electron chi connectivity index (χ2n) is 3.80. The molecule has 0 radical (unpaired) electrons. The third kappa shape index (κ3) is 3.28. The molecule has 7 nitrogen and oxygen atoms in total. The highest BCUT2D eigenvalue weighted by Gasteiger charge is 2.13. The van der Waals surface area contributed by atoms with Crippen molar-refractivity contribution >= 4 is 5.97 Å². The largest absolute Gasteiger partial charge is 0.463 e. The molecule has 0 spiro atoms. The van der Waals surface area contributed by atoms with Crippen LogP contribution in [0.3, 0.4) is 0 Å². The molecule has 0 aromatic carbocycles. The minimum absolute atomic E-state index is 0.0293. The van der Waals surface area contributed by atoms with E-state index in [-0.39, 0.29) is 19.2 Å². The second-order valence-corrected chi connectivity index (χ2v) is 3.80. The van der Waals surface area contributed by atoms with Gasteiger partial charge in [-0.1, -0.05) is 0 Å². The summed E-state index contributed by atoms with van der Waals surface area (Å²) in [6.07, 6.45) is 1.09. The van der Waals surface area contributed by atoms with Crippen molar-refractivity contribution in [3.05, 3.63) is 24.1 Å². The molecule has 8 heteroatoms. The Balaban J connectivity index is 2.09. The van der Waals surface area contributed by atoms with Gasteiger partial charge in [0.05, 0.1) is 12.8 Å². The Morgan fingerprint density at radius 3 is 2.90 bits per heavy atom. The van der Waals surface area contributed by atoms with Crippen LogP contribution in [0.15, 0.2) is 18.3 Å². The van der Waals surface area contributed by atoms with Gasteiger partial charge in [-0.3, -0.25) is 0 Å². The zero-order chi connectivity index (χ0) is 14.5. The van der Waals surface area contributed by atoms with Crippen LogP contribution in [0.25, 0.3) is 11.5 Å². The van der Waals surface area contributed by atoms with Gasteiger partial charge in [0.2, 0.25) is 0 Å². The number of rotatable bonds is 5. The number of halogens is 1. The smallest absolute Gasteiger partial charge is 0.344 e. The van der Waals surface area contributed by atoms with E-state index in [1.165, 1.54) is 16.8 Å². The van der Waals surface area contributed by atoms with Crippen LogP contribution in [-0.2, 0) is 16.6 Å². The highest BCUT2D eigenvalue weighted by atomic mass is 19.1. The lowest BCUT2D eigenvalue weighted by molar-refractivity contribution is -0.145. The number of carbonyl (C=O) groups excluding carboxylic acids is 1. The summed E-state index contributed by atoms with van der Waals surface area (Å²) in [4.78, 5) is 19.1. The van der Waals surface area contributed by atoms with Crippen LogP contribution in [-0.4, -0.2) is 38.9 Å². The SMILES string of the molecule is CCOC(=O)COc1nc(-c2ccc(F)cn2)n(C)n1. The van der Waals surface area contributed by atoms with E-state index in [0.29, 0.717) is 11.5 Å². The Morgan fingerprint density at radius 1 is 1.45 bits per heavy atom. The van der Waals surface area contributed by atoms with E-state index in [1.807, 2.05) is 0 Å². The number of ether oxygens (including phenoxy) is 2. The normalized spacial score (nSPS) is 10.3. The number of aryl methyl sites for hydroxylation is 1. The van der Waals surface area contributed by atoms with E-state index in [1.54, 1.807) is 14.0 Å². The summed E-state index contributed by atoms with van der Waals surface area (Å²) in [7, 11) is 1.64. The molecule has 0 amide bonds. The van der Waals surface area contributed by atoms with Crippen LogP contribution < -0.4 is 4.74 Å². The molecule has 2 heterocycles.